The molecule has 0 aromatic carbocycles. The second kappa shape index (κ2) is 3.80. The maximum absolute atomic E-state index is 11.8. The van der Waals surface area contributed by atoms with Gasteiger partial charge in [-0.15, -0.1) is 0 Å². The Morgan fingerprint density at radius 1 is 0.882 bits per heavy atom. The van der Waals surface area contributed by atoms with Crippen LogP contribution in [-0.4, -0.2) is 19.6 Å². The molecule has 2 aromatic heterocycles. The van der Waals surface area contributed by atoms with Gasteiger partial charge < -0.3 is 0 Å². The van der Waals surface area contributed by atoms with Gasteiger partial charge in [0.25, 0.3) is 11.1 Å². The summed E-state index contributed by atoms with van der Waals surface area (Å²) in [5.41, 5.74) is 2.75. The van der Waals surface area contributed by atoms with Gasteiger partial charge in [-0.3, -0.25) is 29.2 Å². The van der Waals surface area contributed by atoms with Crippen molar-refractivity contribution < 1.29 is 0 Å². The Morgan fingerprint density at radius 2 is 1.24 bits per heavy atom. The van der Waals surface area contributed by atoms with E-state index in [9.17, 15) is 9.59 Å². The number of aromatic nitrogens is 4. The number of nitrogens with zero attached hydrogens (tertiary/aromatic N) is 2. The van der Waals surface area contributed by atoms with E-state index in [-0.39, 0.29) is 11.1 Å². The van der Waals surface area contributed by atoms with E-state index in [4.69, 9.17) is 0 Å². The minimum atomic E-state index is -0.0786. The third kappa shape index (κ3) is 1.75. The molecular formula is C11H16N4O2. The second-order valence-corrected chi connectivity index (χ2v) is 4.34. The third-order valence-electron chi connectivity index (χ3n) is 3.06. The monoisotopic (exact) mass is 236 g/mol. The van der Waals surface area contributed by atoms with Gasteiger partial charge in [0.05, 0.1) is 0 Å². The number of hydrogen-bond acceptors (Lipinski definition) is 2. The fourth-order valence-electron chi connectivity index (χ4n) is 2.06. The predicted octanol–water partition coefficient (Wildman–Crippen LogP) is -0.0522. The molecule has 0 aliphatic rings. The first-order valence-electron chi connectivity index (χ1n) is 5.40. The molecule has 0 atom stereocenters. The van der Waals surface area contributed by atoms with Gasteiger partial charge in [-0.1, -0.05) is 0 Å². The average Bonchev–Trinajstić information content (AvgIpc) is 2.62. The minimum Gasteiger partial charge on any atom is -0.300 e. The van der Waals surface area contributed by atoms with Gasteiger partial charge in [-0.2, -0.15) is 0 Å². The number of rotatable bonds is 2. The zero-order valence-corrected chi connectivity index (χ0v) is 10.4. The van der Waals surface area contributed by atoms with Gasteiger partial charge in [-0.05, 0) is 13.8 Å². The van der Waals surface area contributed by atoms with Gasteiger partial charge >= 0.3 is 0 Å². The molecule has 17 heavy (non-hydrogen) atoms. The largest absolute Gasteiger partial charge is 0.300 e. The van der Waals surface area contributed by atoms with Crippen LogP contribution in [0.3, 0.4) is 0 Å². The number of H-pyrrole nitrogens is 2. The molecule has 0 fully saturated rings. The lowest BCUT2D eigenvalue weighted by molar-refractivity contribution is 0.729. The maximum Gasteiger partial charge on any atom is 0.269 e. The van der Waals surface area contributed by atoms with Crippen molar-refractivity contribution in [2.75, 3.05) is 0 Å². The first kappa shape index (κ1) is 11.5. The summed E-state index contributed by atoms with van der Waals surface area (Å²) in [6, 6.07) is 0. The first-order valence-corrected chi connectivity index (χ1v) is 5.40. The quantitative estimate of drug-likeness (QED) is 0.767. The van der Waals surface area contributed by atoms with Crippen molar-refractivity contribution in [3.63, 3.8) is 0 Å². The summed E-state index contributed by atoms with van der Waals surface area (Å²) in [5, 5.41) is 5.85. The molecule has 0 amide bonds. The molecule has 6 heteroatoms. The first-order chi connectivity index (χ1) is 7.91. The van der Waals surface area contributed by atoms with Crippen molar-refractivity contribution in [3.8, 4) is 0 Å². The molecule has 2 aromatic rings. The van der Waals surface area contributed by atoms with Crippen LogP contribution in [-0.2, 0) is 20.5 Å². The van der Waals surface area contributed by atoms with Crippen LogP contribution < -0.4 is 11.1 Å². The fourth-order valence-corrected chi connectivity index (χ4v) is 2.06. The smallest absolute Gasteiger partial charge is 0.269 e. The van der Waals surface area contributed by atoms with Crippen LogP contribution >= 0.6 is 0 Å². The molecule has 0 aliphatic heterocycles. The van der Waals surface area contributed by atoms with Gasteiger partial charge in [-0.25, -0.2) is 0 Å². The van der Waals surface area contributed by atoms with Crippen LogP contribution in [0, 0.1) is 13.8 Å². The van der Waals surface area contributed by atoms with Crippen molar-refractivity contribution >= 4 is 0 Å². The molecule has 92 valence electrons. The van der Waals surface area contributed by atoms with Gasteiger partial charge in [0.15, 0.2) is 0 Å². The fraction of sp³-hybridized carbons (Fsp3) is 0.455. The van der Waals surface area contributed by atoms with Crippen LogP contribution in [0.2, 0.25) is 0 Å². The van der Waals surface area contributed by atoms with Crippen molar-refractivity contribution in [1.29, 1.82) is 0 Å². The Hall–Kier alpha value is -1.98. The Kier molecular flexibility index (Phi) is 2.57. The van der Waals surface area contributed by atoms with E-state index in [2.05, 4.69) is 10.2 Å². The molecule has 0 spiro atoms. The SMILES string of the molecule is Cc1[nH]n(C)c(=O)c1Cc1c(C)[nH]n(C)c1=O. The van der Waals surface area contributed by atoms with Crippen LogP contribution in [0.15, 0.2) is 9.59 Å². The lowest BCUT2D eigenvalue weighted by Gasteiger charge is -1.95. The minimum absolute atomic E-state index is 0.0786. The molecule has 0 saturated heterocycles. The second-order valence-electron chi connectivity index (χ2n) is 4.34. The molecule has 0 unspecified atom stereocenters. The van der Waals surface area contributed by atoms with Crippen LogP contribution in [0.25, 0.3) is 0 Å². The highest BCUT2D eigenvalue weighted by Crippen LogP contribution is 2.08. The number of nitrogens with one attached hydrogen (secondary N) is 2. The average molecular weight is 236 g/mol. The zero-order valence-electron chi connectivity index (χ0n) is 10.4. The summed E-state index contributed by atoms with van der Waals surface area (Å²) in [4.78, 5) is 23.7. The highest BCUT2D eigenvalue weighted by molar-refractivity contribution is 5.27. The lowest BCUT2D eigenvalue weighted by Crippen LogP contribution is -2.19. The molecule has 0 aliphatic carbocycles. The van der Waals surface area contributed by atoms with Gasteiger partial charge in [0.2, 0.25) is 0 Å². The van der Waals surface area contributed by atoms with Crippen molar-refractivity contribution in [2.24, 2.45) is 14.1 Å². The highest BCUT2D eigenvalue weighted by atomic mass is 16.1. The maximum atomic E-state index is 11.8. The molecule has 6 nitrogen and oxygen atoms in total. The third-order valence-corrected chi connectivity index (χ3v) is 3.06. The van der Waals surface area contributed by atoms with Crippen molar-refractivity contribution in [3.05, 3.63) is 43.2 Å². The zero-order chi connectivity index (χ0) is 12.7. The summed E-state index contributed by atoms with van der Waals surface area (Å²) < 4.78 is 2.86. The van der Waals surface area contributed by atoms with E-state index in [1.807, 2.05) is 13.8 Å². The van der Waals surface area contributed by atoms with Crippen molar-refractivity contribution in [1.82, 2.24) is 19.6 Å². The van der Waals surface area contributed by atoms with Crippen LogP contribution in [0.1, 0.15) is 22.5 Å². The Balaban J connectivity index is 2.52. The Morgan fingerprint density at radius 3 is 1.47 bits per heavy atom. The summed E-state index contributed by atoms with van der Waals surface area (Å²) in [6.07, 6.45) is 0.365. The predicted molar refractivity (Wildman–Crippen MR) is 64.3 cm³/mol. The van der Waals surface area contributed by atoms with E-state index in [0.29, 0.717) is 17.5 Å². The molecule has 2 heterocycles. The number of hydrogen-bond donors (Lipinski definition) is 2. The van der Waals surface area contributed by atoms with E-state index in [1.165, 1.54) is 9.36 Å². The molecule has 0 radical (unpaired) electrons. The molecule has 2 rings (SSSR count). The Bertz CT molecular complexity index is 610. The van der Waals surface area contributed by atoms with Crippen LogP contribution in [0.5, 0.6) is 0 Å². The lowest BCUT2D eigenvalue weighted by atomic mass is 10.1. The van der Waals surface area contributed by atoms with Crippen molar-refractivity contribution in [2.45, 2.75) is 20.3 Å². The number of aryl methyl sites for hydroxylation is 4. The van der Waals surface area contributed by atoms with E-state index < -0.39 is 0 Å². The molecule has 2 N–H and O–H groups in total. The van der Waals surface area contributed by atoms with E-state index in [0.717, 1.165) is 11.4 Å². The number of aromatic amines is 2. The summed E-state index contributed by atoms with van der Waals surface area (Å²) in [5.74, 6) is 0. The van der Waals surface area contributed by atoms with E-state index in [1.54, 1.807) is 14.1 Å². The Labute approximate surface area is 97.9 Å². The standard InChI is InChI=1S/C11H16N4O2/c1-6-8(10(16)14(3)12-6)5-9-7(2)13-15(4)11(9)17/h12-13H,5H2,1-4H3. The van der Waals surface area contributed by atoms with E-state index >= 15 is 0 Å². The molecule has 0 saturated carbocycles. The molecule has 0 bridgehead atoms. The summed E-state index contributed by atoms with van der Waals surface area (Å²) in [6.45, 7) is 3.67. The topological polar surface area (TPSA) is 75.6 Å². The van der Waals surface area contributed by atoms with Gasteiger partial charge in [0, 0.05) is 43.0 Å². The van der Waals surface area contributed by atoms with Gasteiger partial charge in [0.1, 0.15) is 0 Å². The molecular weight excluding hydrogens is 220 g/mol. The van der Waals surface area contributed by atoms with Crippen LogP contribution in [0.4, 0.5) is 0 Å². The highest BCUT2D eigenvalue weighted by Gasteiger charge is 2.15. The summed E-state index contributed by atoms with van der Waals surface area (Å²) in [7, 11) is 3.34. The normalized spacial score (nSPS) is 11.1. The summed E-state index contributed by atoms with van der Waals surface area (Å²) >= 11 is 0.